The van der Waals surface area contributed by atoms with Crippen LogP contribution in [0.5, 0.6) is 0 Å². The van der Waals surface area contributed by atoms with Gasteiger partial charge in [-0.25, -0.2) is 0 Å². The molecule has 1 N–H and O–H groups in total. The van der Waals surface area contributed by atoms with E-state index in [2.05, 4.69) is 39.8 Å². The molecule has 0 heterocycles. The Hall–Kier alpha value is -1.57. The summed E-state index contributed by atoms with van der Waals surface area (Å²) >= 11 is 0. The maximum absolute atomic E-state index is 11.8. The lowest BCUT2D eigenvalue weighted by Crippen LogP contribution is -2.44. The molecule has 2 atom stereocenters. The summed E-state index contributed by atoms with van der Waals surface area (Å²) in [4.78, 5) is 11.8. The molecule has 0 aromatic heterocycles. The second-order valence-electron chi connectivity index (χ2n) is 7.40. The molecule has 23 heavy (non-hydrogen) atoms. The molecule has 126 valence electrons. The molecule has 0 unspecified atom stereocenters. The monoisotopic (exact) mass is 332 g/mol. The topological polar surface area (TPSA) is 46.5 Å². The van der Waals surface area contributed by atoms with Crippen LogP contribution in [-0.4, -0.2) is 19.4 Å². The predicted octanol–water partition coefficient (Wildman–Crippen LogP) is 4.86. The fourth-order valence-corrected chi connectivity index (χ4v) is 3.45. The summed E-state index contributed by atoms with van der Waals surface area (Å²) in [6.07, 6.45) is 5.72. The number of hydrogen-bond donors (Lipinski definition) is 1. The molecule has 0 fully saturated rings. The summed E-state index contributed by atoms with van der Waals surface area (Å²) < 4.78 is 6.50. The lowest BCUT2D eigenvalue weighted by atomic mass is 9.92. The average molecular weight is 333 g/mol. The number of benzene rings is 1. The highest BCUT2D eigenvalue weighted by Gasteiger charge is 2.42. The number of hydrogen-bond acceptors (Lipinski definition) is 2. The van der Waals surface area contributed by atoms with E-state index in [1.807, 2.05) is 30.3 Å². The Labute approximate surface area is 141 Å². The van der Waals surface area contributed by atoms with Crippen LogP contribution in [0.2, 0.25) is 18.1 Å². The first kappa shape index (κ1) is 19.5. The maximum atomic E-state index is 11.8. The van der Waals surface area contributed by atoms with Crippen molar-refractivity contribution in [3.63, 3.8) is 0 Å². The van der Waals surface area contributed by atoms with Gasteiger partial charge in [-0.1, -0.05) is 51.1 Å². The molecular weight excluding hydrogens is 304 g/mol. The Morgan fingerprint density at radius 1 is 1.30 bits per heavy atom. The van der Waals surface area contributed by atoms with Crippen molar-refractivity contribution in [3.05, 3.63) is 35.9 Å². The van der Waals surface area contributed by atoms with E-state index in [1.54, 1.807) is 0 Å². The molecule has 0 amide bonds. The van der Waals surface area contributed by atoms with Crippen molar-refractivity contribution >= 4 is 14.3 Å². The molecule has 0 aliphatic heterocycles. The summed E-state index contributed by atoms with van der Waals surface area (Å²) in [6.45, 7) is 10.7. The number of aliphatic carboxylic acids is 1. The van der Waals surface area contributed by atoms with Crippen LogP contribution in [0.25, 0.3) is 0 Å². The summed E-state index contributed by atoms with van der Waals surface area (Å²) in [5.41, 5.74) is 0.904. The number of carbonyl (C=O) groups is 1. The Morgan fingerprint density at radius 2 is 1.87 bits per heavy atom. The molecule has 1 aromatic rings. The fourth-order valence-electron chi connectivity index (χ4n) is 2.16. The largest absolute Gasteiger partial charge is 0.481 e. The van der Waals surface area contributed by atoms with Crippen molar-refractivity contribution in [2.45, 2.75) is 57.8 Å². The second kappa shape index (κ2) is 7.81. The summed E-state index contributed by atoms with van der Waals surface area (Å²) in [7, 11) is -2.11. The molecule has 0 aliphatic rings. The van der Waals surface area contributed by atoms with Gasteiger partial charge >= 0.3 is 5.97 Å². The third kappa shape index (κ3) is 5.23. The Bertz CT molecular complexity index is 552. The Morgan fingerprint density at radius 3 is 2.30 bits per heavy atom. The molecule has 0 bridgehead atoms. The van der Waals surface area contributed by atoms with Crippen LogP contribution in [0.4, 0.5) is 0 Å². The number of carboxylic acids is 1. The Kier molecular flexibility index (Phi) is 6.61. The lowest BCUT2D eigenvalue weighted by molar-refractivity contribution is -0.145. The minimum absolute atomic E-state index is 0.00913. The van der Waals surface area contributed by atoms with E-state index >= 15 is 0 Å². The van der Waals surface area contributed by atoms with Gasteiger partial charge in [0, 0.05) is 6.42 Å². The van der Waals surface area contributed by atoms with Gasteiger partial charge in [0.25, 0.3) is 0 Å². The first-order valence-corrected chi connectivity index (χ1v) is 10.9. The van der Waals surface area contributed by atoms with Crippen molar-refractivity contribution in [2.75, 3.05) is 0 Å². The van der Waals surface area contributed by atoms with Gasteiger partial charge in [-0.2, -0.15) is 0 Å². The highest BCUT2D eigenvalue weighted by Crippen LogP contribution is 2.42. The highest BCUT2D eigenvalue weighted by atomic mass is 28.4. The van der Waals surface area contributed by atoms with Gasteiger partial charge in [-0.3, -0.25) is 4.79 Å². The molecule has 4 heteroatoms. The van der Waals surface area contributed by atoms with Crippen LogP contribution in [0.1, 0.15) is 45.3 Å². The van der Waals surface area contributed by atoms with Gasteiger partial charge in [0.1, 0.15) is 0 Å². The van der Waals surface area contributed by atoms with Crippen LogP contribution >= 0.6 is 0 Å². The van der Waals surface area contributed by atoms with Gasteiger partial charge in [-0.05, 0) is 30.1 Å². The van der Waals surface area contributed by atoms with E-state index < -0.39 is 26.3 Å². The van der Waals surface area contributed by atoms with E-state index in [9.17, 15) is 9.90 Å². The van der Waals surface area contributed by atoms with E-state index in [0.29, 0.717) is 12.8 Å². The molecule has 3 nitrogen and oxygen atoms in total. The highest BCUT2D eigenvalue weighted by molar-refractivity contribution is 6.74. The molecule has 1 rings (SSSR count). The van der Waals surface area contributed by atoms with Crippen molar-refractivity contribution in [2.24, 2.45) is 5.92 Å². The summed E-state index contributed by atoms with van der Waals surface area (Å²) in [6, 6.07) is 9.62. The van der Waals surface area contributed by atoms with Crippen molar-refractivity contribution in [1.29, 1.82) is 0 Å². The first-order valence-electron chi connectivity index (χ1n) is 7.99. The van der Waals surface area contributed by atoms with E-state index in [4.69, 9.17) is 10.8 Å². The molecular formula is C19H28O3Si. The minimum atomic E-state index is -2.11. The predicted molar refractivity (Wildman–Crippen MR) is 96.7 cm³/mol. The van der Waals surface area contributed by atoms with Gasteiger partial charge in [0.05, 0.1) is 12.0 Å². The third-order valence-electron chi connectivity index (χ3n) is 4.64. The molecule has 0 spiro atoms. The molecule has 0 saturated carbocycles. The normalized spacial score (nSPS) is 14.8. The smallest absolute Gasteiger partial charge is 0.309 e. The zero-order valence-electron chi connectivity index (χ0n) is 14.8. The number of terminal acetylenes is 1. The van der Waals surface area contributed by atoms with E-state index in [0.717, 1.165) is 5.56 Å². The first-order chi connectivity index (χ1) is 10.6. The second-order valence-corrected chi connectivity index (χ2v) is 12.2. The van der Waals surface area contributed by atoms with E-state index in [1.165, 1.54) is 0 Å². The summed E-state index contributed by atoms with van der Waals surface area (Å²) in [5, 5.41) is 9.71. The maximum Gasteiger partial charge on any atom is 0.309 e. The molecule has 0 radical (unpaired) electrons. The van der Waals surface area contributed by atoms with Crippen LogP contribution in [0, 0.1) is 18.3 Å². The zero-order chi connectivity index (χ0) is 17.7. The molecule has 0 aliphatic carbocycles. The van der Waals surface area contributed by atoms with Crippen LogP contribution in [-0.2, 0) is 9.22 Å². The standard InChI is InChI=1S/C19H28O3Si/c1-7-8-14-16(18(20)21)17(15-12-10-9-11-13-15)22-23(5,6)19(2,3)4/h1,9-13,16-17H,8,14H2,2-6H3,(H,20,21)/t16-,17+/m1/s1. The van der Waals surface area contributed by atoms with Crippen molar-refractivity contribution in [3.8, 4) is 12.3 Å². The van der Waals surface area contributed by atoms with Crippen LogP contribution in [0.3, 0.4) is 0 Å². The Balaban J connectivity index is 3.22. The average Bonchev–Trinajstić information content (AvgIpc) is 2.45. The molecule has 0 saturated heterocycles. The van der Waals surface area contributed by atoms with Crippen LogP contribution in [0.15, 0.2) is 30.3 Å². The quantitative estimate of drug-likeness (QED) is 0.573. The van der Waals surface area contributed by atoms with Gasteiger partial charge in [-0.15, -0.1) is 12.3 Å². The lowest BCUT2D eigenvalue weighted by Gasteiger charge is -2.41. The van der Waals surface area contributed by atoms with Gasteiger partial charge < -0.3 is 9.53 Å². The molecule has 1 aromatic carbocycles. The third-order valence-corrected chi connectivity index (χ3v) is 9.09. The SMILES string of the molecule is C#CCC[C@@H](C(=O)O)[C@@H](O[Si](C)(C)C(C)(C)C)c1ccccc1. The van der Waals surface area contributed by atoms with Gasteiger partial charge in [0.15, 0.2) is 8.32 Å². The fraction of sp³-hybridized carbons (Fsp3) is 0.526. The van der Waals surface area contributed by atoms with Crippen LogP contribution < -0.4 is 0 Å². The number of rotatable bonds is 7. The zero-order valence-corrected chi connectivity index (χ0v) is 15.8. The van der Waals surface area contributed by atoms with Gasteiger partial charge in [0.2, 0.25) is 0 Å². The van der Waals surface area contributed by atoms with E-state index in [-0.39, 0.29) is 5.04 Å². The number of carboxylic acid groups (broad SMARTS) is 1. The summed E-state index contributed by atoms with van der Waals surface area (Å²) in [5.74, 6) is 1.05. The van der Waals surface area contributed by atoms with Crippen molar-refractivity contribution < 1.29 is 14.3 Å². The minimum Gasteiger partial charge on any atom is -0.481 e. The van der Waals surface area contributed by atoms with Crippen molar-refractivity contribution in [1.82, 2.24) is 0 Å².